The number of rotatable bonds is 11. The Labute approximate surface area is 116 Å². The second-order valence-corrected chi connectivity index (χ2v) is 5.01. The average Bonchev–Trinajstić information content (AvgIpc) is 2.92. The molecule has 0 saturated carbocycles. The Balaban J connectivity index is 1.80. The first-order chi connectivity index (χ1) is 9.33. The molecule has 1 heterocycles. The van der Waals surface area contributed by atoms with Crippen LogP contribution in [0.5, 0.6) is 0 Å². The molecule has 0 radical (unpaired) electrons. The van der Waals surface area contributed by atoms with E-state index in [1.165, 1.54) is 0 Å². The van der Waals surface area contributed by atoms with E-state index in [0.717, 1.165) is 45.1 Å². The summed E-state index contributed by atoms with van der Waals surface area (Å²) in [6.45, 7) is 3.65. The van der Waals surface area contributed by atoms with Gasteiger partial charge in [-0.25, -0.2) is 0 Å². The van der Waals surface area contributed by atoms with Gasteiger partial charge in [-0.15, -0.1) is 0 Å². The van der Waals surface area contributed by atoms with Crippen molar-refractivity contribution in [2.45, 2.75) is 51.0 Å². The lowest BCUT2D eigenvalue weighted by molar-refractivity contribution is -0.121. The first kappa shape index (κ1) is 16.4. The van der Waals surface area contributed by atoms with Gasteiger partial charge in [0.05, 0.1) is 12.7 Å². The second-order valence-electron chi connectivity index (χ2n) is 5.01. The topological polar surface area (TPSA) is 73.6 Å². The number of amides is 1. The molecule has 0 aliphatic carbocycles. The minimum absolute atomic E-state index is 0.135. The maximum absolute atomic E-state index is 11.4. The molecule has 1 rings (SSSR count). The van der Waals surface area contributed by atoms with E-state index in [9.17, 15) is 4.79 Å². The van der Waals surface area contributed by atoms with Gasteiger partial charge in [0, 0.05) is 26.2 Å². The van der Waals surface area contributed by atoms with Crippen molar-refractivity contribution >= 4 is 5.91 Å². The largest absolute Gasteiger partial charge is 0.379 e. The van der Waals surface area contributed by atoms with Crippen molar-refractivity contribution in [2.24, 2.45) is 5.73 Å². The van der Waals surface area contributed by atoms with Gasteiger partial charge in [0.15, 0.2) is 0 Å². The molecule has 112 valence electrons. The molecule has 1 atom stereocenters. The van der Waals surface area contributed by atoms with Crippen LogP contribution in [0, 0.1) is 0 Å². The van der Waals surface area contributed by atoms with E-state index < -0.39 is 0 Å². The standard InChI is InChI=1S/C14H28N2O3/c15-8-3-1-2-7-14(17)16-9-5-10-18-12-13-6-4-11-19-13/h13H,1-12,15H2,(H,16,17). The summed E-state index contributed by atoms with van der Waals surface area (Å²) >= 11 is 0. The van der Waals surface area contributed by atoms with E-state index in [-0.39, 0.29) is 12.0 Å². The fraction of sp³-hybridized carbons (Fsp3) is 0.929. The Kier molecular flexibility index (Phi) is 9.67. The Bertz CT molecular complexity index is 231. The van der Waals surface area contributed by atoms with Crippen LogP contribution in [-0.4, -0.2) is 44.9 Å². The summed E-state index contributed by atoms with van der Waals surface area (Å²) in [5.41, 5.74) is 5.39. The Morgan fingerprint density at radius 3 is 2.95 bits per heavy atom. The van der Waals surface area contributed by atoms with Crippen molar-refractivity contribution in [1.82, 2.24) is 5.32 Å². The summed E-state index contributed by atoms with van der Waals surface area (Å²) in [4.78, 5) is 11.4. The van der Waals surface area contributed by atoms with Crippen LogP contribution in [0.3, 0.4) is 0 Å². The molecule has 1 unspecified atom stereocenters. The van der Waals surface area contributed by atoms with Gasteiger partial charge in [-0.1, -0.05) is 6.42 Å². The van der Waals surface area contributed by atoms with E-state index in [0.29, 0.717) is 32.7 Å². The van der Waals surface area contributed by atoms with E-state index in [1.54, 1.807) is 0 Å². The number of hydrogen-bond acceptors (Lipinski definition) is 4. The zero-order valence-corrected chi connectivity index (χ0v) is 11.9. The summed E-state index contributed by atoms with van der Waals surface area (Å²) in [7, 11) is 0. The number of unbranched alkanes of at least 4 members (excludes halogenated alkanes) is 2. The average molecular weight is 272 g/mol. The molecule has 3 N–H and O–H groups in total. The molecule has 0 aromatic carbocycles. The molecule has 0 spiro atoms. The highest BCUT2D eigenvalue weighted by atomic mass is 16.5. The van der Waals surface area contributed by atoms with Crippen molar-refractivity contribution < 1.29 is 14.3 Å². The number of hydrogen-bond donors (Lipinski definition) is 2. The Morgan fingerprint density at radius 1 is 1.32 bits per heavy atom. The van der Waals surface area contributed by atoms with Gasteiger partial charge in [-0.2, -0.15) is 0 Å². The highest BCUT2D eigenvalue weighted by molar-refractivity contribution is 5.75. The maximum Gasteiger partial charge on any atom is 0.219 e. The zero-order valence-electron chi connectivity index (χ0n) is 11.9. The molecular weight excluding hydrogens is 244 g/mol. The summed E-state index contributed by atoms with van der Waals surface area (Å²) in [6, 6.07) is 0. The van der Waals surface area contributed by atoms with Gasteiger partial charge < -0.3 is 20.5 Å². The van der Waals surface area contributed by atoms with Gasteiger partial charge in [-0.3, -0.25) is 4.79 Å². The lowest BCUT2D eigenvalue weighted by atomic mass is 10.2. The molecule has 1 fully saturated rings. The summed E-state index contributed by atoms with van der Waals surface area (Å²) in [5.74, 6) is 0.135. The van der Waals surface area contributed by atoms with Gasteiger partial charge in [0.1, 0.15) is 0 Å². The molecule has 1 aliphatic rings. The lowest BCUT2D eigenvalue weighted by Crippen LogP contribution is -2.25. The minimum Gasteiger partial charge on any atom is -0.379 e. The van der Waals surface area contributed by atoms with Gasteiger partial charge in [0.25, 0.3) is 0 Å². The lowest BCUT2D eigenvalue weighted by Gasteiger charge is -2.10. The molecule has 5 heteroatoms. The van der Waals surface area contributed by atoms with Crippen LogP contribution in [0.1, 0.15) is 44.9 Å². The van der Waals surface area contributed by atoms with Gasteiger partial charge in [-0.05, 0) is 38.6 Å². The molecule has 1 aliphatic heterocycles. The minimum atomic E-state index is 0.135. The first-order valence-electron chi connectivity index (χ1n) is 7.49. The van der Waals surface area contributed by atoms with Crippen molar-refractivity contribution in [2.75, 3.05) is 32.9 Å². The molecule has 0 bridgehead atoms. The monoisotopic (exact) mass is 272 g/mol. The third kappa shape index (κ3) is 8.97. The molecular formula is C14H28N2O3. The van der Waals surface area contributed by atoms with Crippen molar-refractivity contribution in [1.29, 1.82) is 0 Å². The molecule has 1 saturated heterocycles. The number of nitrogens with one attached hydrogen (secondary N) is 1. The SMILES string of the molecule is NCCCCCC(=O)NCCCOCC1CCCO1. The van der Waals surface area contributed by atoms with Crippen molar-refractivity contribution in [3.05, 3.63) is 0 Å². The van der Waals surface area contributed by atoms with Crippen LogP contribution in [0.2, 0.25) is 0 Å². The molecule has 5 nitrogen and oxygen atoms in total. The van der Waals surface area contributed by atoms with E-state index in [4.69, 9.17) is 15.2 Å². The van der Waals surface area contributed by atoms with E-state index >= 15 is 0 Å². The highest BCUT2D eigenvalue weighted by Crippen LogP contribution is 2.11. The number of carbonyl (C=O) groups is 1. The summed E-state index contributed by atoms with van der Waals surface area (Å²) in [5, 5.41) is 2.91. The molecule has 0 aromatic heterocycles. The normalized spacial score (nSPS) is 18.7. The van der Waals surface area contributed by atoms with Gasteiger partial charge in [0.2, 0.25) is 5.91 Å². The number of ether oxygens (including phenoxy) is 2. The van der Waals surface area contributed by atoms with E-state index in [2.05, 4.69) is 5.32 Å². The van der Waals surface area contributed by atoms with E-state index in [1.807, 2.05) is 0 Å². The fourth-order valence-corrected chi connectivity index (χ4v) is 2.09. The predicted molar refractivity (Wildman–Crippen MR) is 74.9 cm³/mol. The number of carbonyl (C=O) groups excluding carboxylic acids is 1. The Morgan fingerprint density at radius 2 is 2.21 bits per heavy atom. The summed E-state index contributed by atoms with van der Waals surface area (Å²) < 4.78 is 11.0. The molecule has 19 heavy (non-hydrogen) atoms. The predicted octanol–water partition coefficient (Wildman–Crippen LogP) is 1.21. The van der Waals surface area contributed by atoms with Gasteiger partial charge >= 0.3 is 0 Å². The fourth-order valence-electron chi connectivity index (χ4n) is 2.09. The molecule has 1 amide bonds. The number of nitrogens with two attached hydrogens (primary N) is 1. The quantitative estimate of drug-likeness (QED) is 0.554. The molecule has 0 aromatic rings. The van der Waals surface area contributed by atoms with Crippen molar-refractivity contribution in [3.8, 4) is 0 Å². The third-order valence-corrected chi connectivity index (χ3v) is 3.22. The van der Waals surface area contributed by atoms with Crippen LogP contribution in [-0.2, 0) is 14.3 Å². The van der Waals surface area contributed by atoms with Crippen LogP contribution in [0.25, 0.3) is 0 Å². The van der Waals surface area contributed by atoms with Crippen LogP contribution >= 0.6 is 0 Å². The zero-order chi connectivity index (χ0) is 13.8. The smallest absolute Gasteiger partial charge is 0.219 e. The van der Waals surface area contributed by atoms with Crippen molar-refractivity contribution in [3.63, 3.8) is 0 Å². The second kappa shape index (κ2) is 11.2. The van der Waals surface area contributed by atoms with Crippen LogP contribution < -0.4 is 11.1 Å². The third-order valence-electron chi connectivity index (χ3n) is 3.22. The van der Waals surface area contributed by atoms with Crippen LogP contribution in [0.4, 0.5) is 0 Å². The van der Waals surface area contributed by atoms with Crippen LogP contribution in [0.15, 0.2) is 0 Å². The Hall–Kier alpha value is -0.650. The first-order valence-corrected chi connectivity index (χ1v) is 7.49. The summed E-state index contributed by atoms with van der Waals surface area (Å²) in [6.07, 6.45) is 6.99. The highest BCUT2D eigenvalue weighted by Gasteiger charge is 2.14. The maximum atomic E-state index is 11.4.